The summed E-state index contributed by atoms with van der Waals surface area (Å²) in [5.74, 6) is 0. The van der Waals surface area contributed by atoms with E-state index in [1.54, 1.807) is 6.08 Å². The van der Waals surface area contributed by atoms with E-state index in [-0.39, 0.29) is 0 Å². The standard InChI is InChI=1S/C16H20O2/c1-2-3-8-15(13-17)11-7-12-18-14-16-9-5-4-6-10-16/h4-7,9-10,13H,2-3,8,12,14H2,1H3. The van der Waals surface area contributed by atoms with Crippen LogP contribution in [0.3, 0.4) is 0 Å². The van der Waals surface area contributed by atoms with Crippen molar-refractivity contribution in [3.8, 4) is 0 Å². The van der Waals surface area contributed by atoms with E-state index in [2.05, 4.69) is 12.7 Å². The summed E-state index contributed by atoms with van der Waals surface area (Å²) in [6.45, 7) is 3.18. The molecule has 0 aliphatic heterocycles. The minimum Gasteiger partial charge on any atom is -0.372 e. The molecule has 0 saturated carbocycles. The van der Waals surface area contributed by atoms with Gasteiger partial charge in [0.2, 0.25) is 0 Å². The molecule has 1 rings (SSSR count). The molecule has 96 valence electrons. The second-order valence-electron chi connectivity index (χ2n) is 4.10. The topological polar surface area (TPSA) is 26.3 Å². The van der Waals surface area contributed by atoms with E-state index in [9.17, 15) is 4.79 Å². The molecule has 0 unspecified atom stereocenters. The molecule has 0 amide bonds. The molecule has 0 N–H and O–H groups in total. The lowest BCUT2D eigenvalue weighted by molar-refractivity contribution is -0.105. The number of rotatable bonds is 8. The molecule has 0 aliphatic rings. The normalized spacial score (nSPS) is 9.61. The van der Waals surface area contributed by atoms with E-state index >= 15 is 0 Å². The van der Waals surface area contributed by atoms with Crippen molar-refractivity contribution in [1.29, 1.82) is 0 Å². The molecule has 1 aromatic rings. The summed E-state index contributed by atoms with van der Waals surface area (Å²) in [5, 5.41) is 0. The average Bonchev–Trinajstić information content (AvgIpc) is 2.43. The molecular formula is C16H20O2. The van der Waals surface area contributed by atoms with Crippen LogP contribution in [-0.2, 0) is 16.1 Å². The Hall–Kier alpha value is -1.63. The second-order valence-corrected chi connectivity index (χ2v) is 4.10. The summed E-state index contributed by atoms with van der Waals surface area (Å²) >= 11 is 0. The zero-order valence-electron chi connectivity index (χ0n) is 10.9. The fourth-order valence-electron chi connectivity index (χ4n) is 1.52. The van der Waals surface area contributed by atoms with Crippen molar-refractivity contribution in [3.05, 3.63) is 53.3 Å². The van der Waals surface area contributed by atoms with Crippen LogP contribution in [-0.4, -0.2) is 12.9 Å². The van der Waals surface area contributed by atoms with Gasteiger partial charge in [-0.15, -0.1) is 5.73 Å². The molecule has 0 saturated heterocycles. The molecule has 0 aromatic heterocycles. The summed E-state index contributed by atoms with van der Waals surface area (Å²) in [4.78, 5) is 10.7. The van der Waals surface area contributed by atoms with Crippen molar-refractivity contribution in [2.24, 2.45) is 0 Å². The molecule has 1 aromatic carbocycles. The molecular weight excluding hydrogens is 224 g/mol. The summed E-state index contributed by atoms with van der Waals surface area (Å²) in [6, 6.07) is 10.0. The van der Waals surface area contributed by atoms with Crippen LogP contribution in [0.4, 0.5) is 0 Å². The van der Waals surface area contributed by atoms with Crippen molar-refractivity contribution in [2.45, 2.75) is 32.8 Å². The Morgan fingerprint density at radius 3 is 2.78 bits per heavy atom. The Bertz CT molecular complexity index is 400. The first-order valence-corrected chi connectivity index (χ1v) is 6.37. The minimum absolute atomic E-state index is 0.484. The smallest absolute Gasteiger partial charge is 0.153 e. The van der Waals surface area contributed by atoms with Crippen LogP contribution < -0.4 is 0 Å². The van der Waals surface area contributed by atoms with Crippen molar-refractivity contribution >= 4 is 6.29 Å². The third-order valence-electron chi connectivity index (χ3n) is 2.54. The Labute approximate surface area is 109 Å². The number of ether oxygens (including phenoxy) is 1. The van der Waals surface area contributed by atoms with E-state index in [1.807, 2.05) is 30.3 Å². The van der Waals surface area contributed by atoms with Gasteiger partial charge in [0.25, 0.3) is 0 Å². The molecule has 0 atom stereocenters. The van der Waals surface area contributed by atoms with E-state index in [1.165, 1.54) is 0 Å². The van der Waals surface area contributed by atoms with E-state index in [0.717, 1.165) is 36.7 Å². The van der Waals surface area contributed by atoms with Gasteiger partial charge in [-0.05, 0) is 24.5 Å². The zero-order valence-corrected chi connectivity index (χ0v) is 10.9. The van der Waals surface area contributed by atoms with Crippen LogP contribution in [0.25, 0.3) is 0 Å². The maximum atomic E-state index is 10.7. The second kappa shape index (κ2) is 9.41. The summed E-state index contributed by atoms with van der Waals surface area (Å²) < 4.78 is 5.47. The molecule has 18 heavy (non-hydrogen) atoms. The van der Waals surface area contributed by atoms with E-state index in [4.69, 9.17) is 4.74 Å². The molecule has 0 aliphatic carbocycles. The summed E-state index contributed by atoms with van der Waals surface area (Å²) in [5.41, 5.74) is 4.86. The van der Waals surface area contributed by atoms with Gasteiger partial charge in [-0.1, -0.05) is 43.7 Å². The van der Waals surface area contributed by atoms with Crippen molar-refractivity contribution in [2.75, 3.05) is 6.61 Å². The molecule has 0 spiro atoms. The Morgan fingerprint density at radius 2 is 2.11 bits per heavy atom. The molecule has 2 heteroatoms. The highest BCUT2D eigenvalue weighted by Crippen LogP contribution is 2.03. The van der Waals surface area contributed by atoms with Crippen LogP contribution in [0.1, 0.15) is 31.7 Å². The number of hydrogen-bond donors (Lipinski definition) is 0. The lowest BCUT2D eigenvalue weighted by atomic mass is 10.1. The van der Waals surface area contributed by atoms with Gasteiger partial charge in [0.15, 0.2) is 6.29 Å². The minimum atomic E-state index is 0.484. The van der Waals surface area contributed by atoms with Gasteiger partial charge >= 0.3 is 0 Å². The maximum absolute atomic E-state index is 10.7. The number of carbonyl (C=O) groups is 1. The third kappa shape index (κ3) is 6.19. The lowest BCUT2D eigenvalue weighted by Gasteiger charge is -2.00. The van der Waals surface area contributed by atoms with Gasteiger partial charge in [-0.3, -0.25) is 4.79 Å². The molecule has 0 bridgehead atoms. The summed E-state index contributed by atoms with van der Waals surface area (Å²) in [7, 11) is 0. The highest BCUT2D eigenvalue weighted by molar-refractivity contribution is 5.72. The Balaban J connectivity index is 2.31. The van der Waals surface area contributed by atoms with E-state index < -0.39 is 0 Å². The fraction of sp³-hybridized carbons (Fsp3) is 0.375. The van der Waals surface area contributed by atoms with Crippen LogP contribution in [0.15, 0.2) is 47.7 Å². The predicted molar refractivity (Wildman–Crippen MR) is 73.3 cm³/mol. The van der Waals surface area contributed by atoms with Gasteiger partial charge in [0, 0.05) is 5.57 Å². The number of aldehydes is 1. The monoisotopic (exact) mass is 244 g/mol. The predicted octanol–water partition coefficient (Wildman–Crippen LogP) is 3.67. The van der Waals surface area contributed by atoms with Gasteiger partial charge in [-0.25, -0.2) is 0 Å². The SMILES string of the molecule is CCCCC(=C=CCOCc1ccccc1)C=O. The lowest BCUT2D eigenvalue weighted by Crippen LogP contribution is -1.92. The van der Waals surface area contributed by atoms with Crippen LogP contribution in [0.5, 0.6) is 0 Å². The summed E-state index contributed by atoms with van der Waals surface area (Å²) in [6.07, 6.45) is 5.57. The first-order chi connectivity index (χ1) is 8.86. The quantitative estimate of drug-likeness (QED) is 0.302. The van der Waals surface area contributed by atoms with Crippen LogP contribution in [0.2, 0.25) is 0 Å². The third-order valence-corrected chi connectivity index (χ3v) is 2.54. The fourth-order valence-corrected chi connectivity index (χ4v) is 1.52. The number of hydrogen-bond acceptors (Lipinski definition) is 2. The maximum Gasteiger partial charge on any atom is 0.153 e. The first kappa shape index (κ1) is 14.4. The first-order valence-electron chi connectivity index (χ1n) is 6.37. The number of unbranched alkanes of at least 4 members (excludes halogenated alkanes) is 1. The van der Waals surface area contributed by atoms with Gasteiger partial charge < -0.3 is 4.74 Å². The molecule has 2 nitrogen and oxygen atoms in total. The Morgan fingerprint density at radius 1 is 1.33 bits per heavy atom. The molecule has 0 heterocycles. The van der Waals surface area contributed by atoms with Crippen molar-refractivity contribution in [3.63, 3.8) is 0 Å². The Kier molecular flexibility index (Phi) is 7.54. The highest BCUT2D eigenvalue weighted by atomic mass is 16.5. The van der Waals surface area contributed by atoms with Gasteiger partial charge in [-0.2, -0.15) is 0 Å². The van der Waals surface area contributed by atoms with Crippen LogP contribution >= 0.6 is 0 Å². The van der Waals surface area contributed by atoms with Crippen molar-refractivity contribution in [1.82, 2.24) is 0 Å². The number of carbonyl (C=O) groups excluding carboxylic acids is 1. The number of benzene rings is 1. The van der Waals surface area contributed by atoms with E-state index in [0.29, 0.717) is 13.2 Å². The van der Waals surface area contributed by atoms with Crippen molar-refractivity contribution < 1.29 is 9.53 Å². The van der Waals surface area contributed by atoms with Gasteiger partial charge in [0.1, 0.15) is 0 Å². The zero-order chi connectivity index (χ0) is 13.1. The van der Waals surface area contributed by atoms with Gasteiger partial charge in [0.05, 0.1) is 13.2 Å². The molecule has 0 radical (unpaired) electrons. The molecule has 0 fully saturated rings. The largest absolute Gasteiger partial charge is 0.372 e. The highest BCUT2D eigenvalue weighted by Gasteiger charge is 1.92. The average molecular weight is 244 g/mol. The van der Waals surface area contributed by atoms with Crippen LogP contribution in [0, 0.1) is 0 Å².